The molecular weight excluding hydrogens is 520 g/mol. The van der Waals surface area contributed by atoms with Gasteiger partial charge in [-0.05, 0) is 19.1 Å². The van der Waals surface area contributed by atoms with E-state index in [0.29, 0.717) is 0 Å². The summed E-state index contributed by atoms with van der Waals surface area (Å²) in [4.78, 5) is 36.4. The van der Waals surface area contributed by atoms with Crippen molar-refractivity contribution in [3.05, 3.63) is 55.6 Å². The first-order chi connectivity index (χ1) is 16.1. The number of aliphatic hydroxyl groups is 1. The van der Waals surface area contributed by atoms with Gasteiger partial charge in [0.2, 0.25) is 0 Å². The number of thioether (sulfide) groups is 1. The highest BCUT2D eigenvalue weighted by atomic mass is 35.5. The van der Waals surface area contributed by atoms with Gasteiger partial charge in [0.05, 0.1) is 22.7 Å². The van der Waals surface area contributed by atoms with E-state index in [1.165, 1.54) is 0 Å². The van der Waals surface area contributed by atoms with Gasteiger partial charge in [-0.2, -0.15) is 13.2 Å². The fourth-order valence-electron chi connectivity index (χ4n) is 2.79. The Bertz CT molecular complexity index is 1200. The van der Waals surface area contributed by atoms with E-state index < -0.39 is 53.0 Å². The molecular formula is C21H23ClF4N2O6S. The van der Waals surface area contributed by atoms with E-state index in [4.69, 9.17) is 21.1 Å². The largest absolute Gasteiger partial charge is 0.463 e. The van der Waals surface area contributed by atoms with Crippen LogP contribution in [0.2, 0.25) is 5.02 Å². The van der Waals surface area contributed by atoms with Crippen molar-refractivity contribution in [3.63, 3.8) is 0 Å². The van der Waals surface area contributed by atoms with E-state index >= 15 is 0 Å². The van der Waals surface area contributed by atoms with Crippen molar-refractivity contribution < 1.29 is 36.9 Å². The average Bonchev–Trinajstić information content (AvgIpc) is 2.74. The maximum atomic E-state index is 14.6. The number of hydrogen-bond donors (Lipinski definition) is 1. The molecule has 0 saturated heterocycles. The van der Waals surface area contributed by atoms with Crippen LogP contribution in [0.3, 0.4) is 0 Å². The lowest BCUT2D eigenvalue weighted by molar-refractivity contribution is -0.161. The van der Waals surface area contributed by atoms with Gasteiger partial charge in [0, 0.05) is 23.8 Å². The Hall–Kier alpha value is -2.35. The zero-order valence-electron chi connectivity index (χ0n) is 19.1. The maximum absolute atomic E-state index is 14.6. The SMILES string of the molecule is CC(COC(=O)C(C)C)OC(O)CSc1cc(-n2c(=O)cc(C(F)(F)F)n(C)c2=O)c(F)cc1Cl. The fraction of sp³-hybridized carbons (Fsp3) is 0.476. The zero-order chi connectivity index (χ0) is 26.7. The molecule has 35 heavy (non-hydrogen) atoms. The van der Waals surface area contributed by atoms with Gasteiger partial charge in [-0.25, -0.2) is 13.8 Å². The van der Waals surface area contributed by atoms with Gasteiger partial charge >= 0.3 is 17.8 Å². The first-order valence-electron chi connectivity index (χ1n) is 10.2. The minimum atomic E-state index is -4.97. The Labute approximate surface area is 206 Å². The van der Waals surface area contributed by atoms with Crippen LogP contribution in [-0.2, 0) is 27.5 Å². The first-order valence-corrected chi connectivity index (χ1v) is 11.5. The second-order valence-electron chi connectivity index (χ2n) is 7.77. The summed E-state index contributed by atoms with van der Waals surface area (Å²) in [6.07, 6.45) is -6.98. The molecule has 14 heteroatoms. The lowest BCUT2D eigenvalue weighted by Crippen LogP contribution is -2.41. The third-order valence-electron chi connectivity index (χ3n) is 4.56. The van der Waals surface area contributed by atoms with Crippen LogP contribution in [-0.4, -0.2) is 45.0 Å². The van der Waals surface area contributed by atoms with Crippen LogP contribution in [0.4, 0.5) is 17.6 Å². The van der Waals surface area contributed by atoms with Gasteiger partial charge in [0.15, 0.2) is 6.29 Å². The molecule has 0 saturated carbocycles. The molecule has 0 spiro atoms. The number of alkyl halides is 3. The molecule has 8 nitrogen and oxygen atoms in total. The molecule has 1 N–H and O–H groups in total. The van der Waals surface area contributed by atoms with Crippen LogP contribution < -0.4 is 11.2 Å². The van der Waals surface area contributed by atoms with E-state index in [0.717, 1.165) is 30.9 Å². The predicted octanol–water partition coefficient (Wildman–Crippen LogP) is 3.36. The number of aliphatic hydroxyl groups excluding tert-OH is 1. The normalized spacial score (nSPS) is 13.7. The number of esters is 1. The second-order valence-corrected chi connectivity index (χ2v) is 9.24. The van der Waals surface area contributed by atoms with E-state index in [1.54, 1.807) is 20.8 Å². The number of benzene rings is 1. The molecule has 2 aromatic rings. The van der Waals surface area contributed by atoms with Crippen molar-refractivity contribution >= 4 is 29.3 Å². The summed E-state index contributed by atoms with van der Waals surface area (Å²) >= 11 is 6.91. The van der Waals surface area contributed by atoms with E-state index in [1.807, 2.05) is 0 Å². The van der Waals surface area contributed by atoms with Crippen LogP contribution in [0.5, 0.6) is 0 Å². The Balaban J connectivity index is 2.23. The molecule has 1 heterocycles. The Kier molecular flexibility index (Phi) is 9.56. The summed E-state index contributed by atoms with van der Waals surface area (Å²) in [5.41, 5.74) is -4.89. The van der Waals surface area contributed by atoms with Crippen LogP contribution in [0.1, 0.15) is 26.5 Å². The average molecular weight is 543 g/mol. The van der Waals surface area contributed by atoms with Crippen LogP contribution in [0.15, 0.2) is 32.7 Å². The number of hydrogen-bond acceptors (Lipinski definition) is 7. The zero-order valence-corrected chi connectivity index (χ0v) is 20.6. The molecule has 2 rings (SSSR count). The summed E-state index contributed by atoms with van der Waals surface area (Å²) in [5.74, 6) is -2.01. The minimum Gasteiger partial charge on any atom is -0.463 e. The standard InChI is InChI=1S/C21H23ClF4N2O6S/c1-10(2)19(31)33-8-11(3)34-18(30)9-35-15-6-14(13(23)5-12(15)22)28-17(29)7-16(21(24,25)26)27(4)20(28)32/h5-7,10-11,18,30H,8-9H2,1-4H3. The number of carbonyl (C=O) groups excluding carboxylic acids is 1. The molecule has 0 fully saturated rings. The van der Waals surface area contributed by atoms with Crippen molar-refractivity contribution in [2.24, 2.45) is 13.0 Å². The second kappa shape index (κ2) is 11.6. The molecule has 0 amide bonds. The first kappa shape index (κ1) is 28.9. The Morgan fingerprint density at radius 2 is 1.83 bits per heavy atom. The van der Waals surface area contributed by atoms with Crippen molar-refractivity contribution in [3.8, 4) is 5.69 Å². The van der Waals surface area contributed by atoms with Crippen molar-refractivity contribution in [2.45, 2.75) is 44.2 Å². The molecule has 0 radical (unpaired) electrons. The highest BCUT2D eigenvalue weighted by Gasteiger charge is 2.35. The topological polar surface area (TPSA) is 99.8 Å². The molecule has 1 aromatic heterocycles. The molecule has 2 unspecified atom stereocenters. The van der Waals surface area contributed by atoms with Gasteiger partial charge in [-0.15, -0.1) is 11.8 Å². The Morgan fingerprint density at radius 1 is 1.20 bits per heavy atom. The number of rotatable bonds is 9. The van der Waals surface area contributed by atoms with Crippen LogP contribution >= 0.6 is 23.4 Å². The summed E-state index contributed by atoms with van der Waals surface area (Å²) in [6.45, 7) is 4.79. The van der Waals surface area contributed by atoms with Gasteiger partial charge in [0.25, 0.3) is 5.56 Å². The highest BCUT2D eigenvalue weighted by molar-refractivity contribution is 7.99. The molecule has 194 valence electrons. The summed E-state index contributed by atoms with van der Waals surface area (Å²) in [5, 5.41) is 9.98. The van der Waals surface area contributed by atoms with E-state index in [-0.39, 0.29) is 43.4 Å². The van der Waals surface area contributed by atoms with Crippen molar-refractivity contribution in [1.29, 1.82) is 0 Å². The minimum absolute atomic E-state index is 0.0969. The number of aromatic nitrogens is 2. The Morgan fingerprint density at radius 3 is 2.40 bits per heavy atom. The number of ether oxygens (including phenoxy) is 2. The molecule has 1 aromatic carbocycles. The monoisotopic (exact) mass is 542 g/mol. The summed E-state index contributed by atoms with van der Waals surface area (Å²) in [6, 6.07) is 2.00. The van der Waals surface area contributed by atoms with Crippen LogP contribution in [0, 0.1) is 11.7 Å². The molecule has 0 bridgehead atoms. The fourth-order valence-corrected chi connectivity index (χ4v) is 3.90. The van der Waals surface area contributed by atoms with Gasteiger partial charge in [-0.1, -0.05) is 25.4 Å². The van der Waals surface area contributed by atoms with E-state index in [2.05, 4.69) is 0 Å². The molecule has 0 aliphatic rings. The van der Waals surface area contributed by atoms with Crippen molar-refractivity contribution in [1.82, 2.24) is 9.13 Å². The lowest BCUT2D eigenvalue weighted by Gasteiger charge is -2.19. The summed E-state index contributed by atoms with van der Waals surface area (Å²) in [7, 11) is 0.803. The highest BCUT2D eigenvalue weighted by Crippen LogP contribution is 2.32. The molecule has 0 aliphatic heterocycles. The number of nitrogens with zero attached hydrogens (tertiary/aromatic N) is 2. The van der Waals surface area contributed by atoms with Gasteiger partial charge in [0.1, 0.15) is 18.1 Å². The third kappa shape index (κ3) is 7.32. The number of carbonyl (C=O) groups is 1. The van der Waals surface area contributed by atoms with Gasteiger partial charge < -0.3 is 14.6 Å². The van der Waals surface area contributed by atoms with E-state index in [9.17, 15) is 37.1 Å². The lowest BCUT2D eigenvalue weighted by atomic mass is 10.2. The quantitative estimate of drug-likeness (QED) is 0.224. The number of halogens is 5. The smallest absolute Gasteiger partial charge is 0.431 e. The third-order valence-corrected chi connectivity index (χ3v) is 6.08. The molecule has 2 atom stereocenters. The predicted molar refractivity (Wildman–Crippen MR) is 120 cm³/mol. The molecule has 0 aliphatic carbocycles. The summed E-state index contributed by atoms with van der Waals surface area (Å²) < 4.78 is 64.5. The van der Waals surface area contributed by atoms with Crippen molar-refractivity contribution in [2.75, 3.05) is 12.4 Å². The maximum Gasteiger partial charge on any atom is 0.431 e. The van der Waals surface area contributed by atoms with Crippen LogP contribution in [0.25, 0.3) is 5.69 Å². The van der Waals surface area contributed by atoms with Gasteiger partial charge in [-0.3, -0.25) is 14.2 Å².